The van der Waals surface area contributed by atoms with E-state index in [-0.39, 0.29) is 5.82 Å². The van der Waals surface area contributed by atoms with Gasteiger partial charge in [-0.25, -0.2) is 4.39 Å². The first kappa shape index (κ1) is 14.2. The number of nitrogens with one attached hydrogen (secondary N) is 1. The fraction of sp³-hybridized carbons (Fsp3) is 0.222. The van der Waals surface area contributed by atoms with Crippen LogP contribution in [-0.4, -0.2) is 6.04 Å². The Kier molecular flexibility index (Phi) is 4.04. The highest BCUT2D eigenvalue weighted by molar-refractivity contribution is 7.17. The van der Waals surface area contributed by atoms with Gasteiger partial charge in [-0.2, -0.15) is 0 Å². The average Bonchev–Trinajstić information content (AvgIpc) is 2.94. The van der Waals surface area contributed by atoms with Gasteiger partial charge in [0.2, 0.25) is 0 Å². The van der Waals surface area contributed by atoms with E-state index in [9.17, 15) is 4.39 Å². The van der Waals surface area contributed by atoms with Gasteiger partial charge in [0.05, 0.1) is 0 Å². The molecule has 1 N–H and O–H groups in total. The predicted molar refractivity (Wildman–Crippen MR) is 89.2 cm³/mol. The number of hydrogen-bond donors (Lipinski definition) is 1. The lowest BCUT2D eigenvalue weighted by molar-refractivity contribution is 0.553. The summed E-state index contributed by atoms with van der Waals surface area (Å²) in [5, 5.41) is 6.54. The molecule has 0 aliphatic heterocycles. The van der Waals surface area contributed by atoms with Crippen molar-refractivity contribution < 1.29 is 4.39 Å². The smallest absolute Gasteiger partial charge is 0.128 e. The lowest BCUT2D eigenvalue weighted by Gasteiger charge is -2.10. The van der Waals surface area contributed by atoms with Crippen molar-refractivity contribution in [3.8, 4) is 11.1 Å². The summed E-state index contributed by atoms with van der Waals surface area (Å²) >= 11 is 1.70. The van der Waals surface area contributed by atoms with Gasteiger partial charge in [0.25, 0.3) is 0 Å². The van der Waals surface area contributed by atoms with Crippen molar-refractivity contribution in [3.05, 3.63) is 59.2 Å². The Bertz CT molecular complexity index is 761. The second kappa shape index (κ2) is 5.96. The fourth-order valence-electron chi connectivity index (χ4n) is 2.39. The molecule has 1 nitrogen and oxygen atoms in total. The van der Waals surface area contributed by atoms with E-state index in [4.69, 9.17) is 0 Å². The Hall–Kier alpha value is -1.71. The summed E-state index contributed by atoms with van der Waals surface area (Å²) in [6.45, 7) is 4.68. The molecule has 0 bridgehead atoms. The number of benzene rings is 2. The SMILES string of the molecule is CC(C)NCc1ccc(-c2cccc3ccsc23)cc1F. The number of halogens is 1. The lowest BCUT2D eigenvalue weighted by Crippen LogP contribution is -2.22. The van der Waals surface area contributed by atoms with Crippen molar-refractivity contribution in [1.82, 2.24) is 5.32 Å². The number of fused-ring (bicyclic) bond motifs is 1. The zero-order valence-electron chi connectivity index (χ0n) is 12.2. The molecular weight excluding hydrogens is 281 g/mol. The van der Waals surface area contributed by atoms with Crippen LogP contribution in [0.2, 0.25) is 0 Å². The maximum Gasteiger partial charge on any atom is 0.128 e. The topological polar surface area (TPSA) is 12.0 Å². The maximum absolute atomic E-state index is 14.3. The van der Waals surface area contributed by atoms with Gasteiger partial charge >= 0.3 is 0 Å². The van der Waals surface area contributed by atoms with Gasteiger partial charge < -0.3 is 5.32 Å². The van der Waals surface area contributed by atoms with E-state index in [1.807, 2.05) is 18.2 Å². The highest BCUT2D eigenvalue weighted by Gasteiger charge is 2.09. The van der Waals surface area contributed by atoms with E-state index in [0.717, 1.165) is 11.1 Å². The molecule has 108 valence electrons. The quantitative estimate of drug-likeness (QED) is 0.697. The van der Waals surface area contributed by atoms with E-state index >= 15 is 0 Å². The van der Waals surface area contributed by atoms with Gasteiger partial charge in [-0.05, 0) is 34.0 Å². The van der Waals surface area contributed by atoms with E-state index < -0.39 is 0 Å². The van der Waals surface area contributed by atoms with Gasteiger partial charge in [0, 0.05) is 22.8 Å². The Balaban J connectivity index is 1.96. The molecule has 0 unspecified atom stereocenters. The Labute approximate surface area is 128 Å². The first-order valence-corrected chi connectivity index (χ1v) is 8.01. The van der Waals surface area contributed by atoms with Gasteiger partial charge in [-0.3, -0.25) is 0 Å². The highest BCUT2D eigenvalue weighted by atomic mass is 32.1. The van der Waals surface area contributed by atoms with Crippen LogP contribution in [0.4, 0.5) is 4.39 Å². The van der Waals surface area contributed by atoms with Crippen molar-refractivity contribution in [2.24, 2.45) is 0 Å². The molecule has 2 aromatic carbocycles. The third-order valence-corrected chi connectivity index (χ3v) is 4.51. The van der Waals surface area contributed by atoms with E-state index in [1.165, 1.54) is 10.1 Å². The normalized spacial score (nSPS) is 11.4. The Morgan fingerprint density at radius 1 is 1.14 bits per heavy atom. The molecule has 3 aromatic rings. The first-order chi connectivity index (χ1) is 10.1. The molecule has 1 heterocycles. The molecule has 21 heavy (non-hydrogen) atoms. The zero-order valence-corrected chi connectivity index (χ0v) is 13.0. The van der Waals surface area contributed by atoms with Crippen LogP contribution in [-0.2, 0) is 6.54 Å². The van der Waals surface area contributed by atoms with Crippen molar-refractivity contribution >= 4 is 21.4 Å². The number of hydrogen-bond acceptors (Lipinski definition) is 2. The van der Waals surface area contributed by atoms with E-state index in [2.05, 4.69) is 42.7 Å². The molecule has 0 aliphatic carbocycles. The van der Waals surface area contributed by atoms with E-state index in [0.29, 0.717) is 18.2 Å². The van der Waals surface area contributed by atoms with Gasteiger partial charge in [-0.15, -0.1) is 11.3 Å². The lowest BCUT2D eigenvalue weighted by atomic mass is 10.0. The van der Waals surface area contributed by atoms with Crippen LogP contribution in [0.25, 0.3) is 21.2 Å². The van der Waals surface area contributed by atoms with Crippen LogP contribution in [0.1, 0.15) is 19.4 Å². The molecular formula is C18H18FNS. The second-order valence-electron chi connectivity index (χ2n) is 5.49. The number of thiophene rings is 1. The zero-order chi connectivity index (χ0) is 14.8. The highest BCUT2D eigenvalue weighted by Crippen LogP contribution is 2.33. The third-order valence-electron chi connectivity index (χ3n) is 3.54. The van der Waals surface area contributed by atoms with Crippen molar-refractivity contribution in [3.63, 3.8) is 0 Å². The van der Waals surface area contributed by atoms with Crippen LogP contribution >= 0.6 is 11.3 Å². The summed E-state index contributed by atoms with van der Waals surface area (Å²) < 4.78 is 15.5. The summed E-state index contributed by atoms with van der Waals surface area (Å²) in [6, 6.07) is 14.2. The van der Waals surface area contributed by atoms with E-state index in [1.54, 1.807) is 17.4 Å². The number of rotatable bonds is 4. The van der Waals surface area contributed by atoms with Crippen LogP contribution in [0.15, 0.2) is 47.8 Å². The molecule has 0 radical (unpaired) electrons. The molecule has 3 rings (SSSR count). The van der Waals surface area contributed by atoms with Crippen molar-refractivity contribution in [2.45, 2.75) is 26.4 Å². The largest absolute Gasteiger partial charge is 0.310 e. The fourth-order valence-corrected chi connectivity index (χ4v) is 3.33. The van der Waals surface area contributed by atoms with Crippen molar-refractivity contribution in [2.75, 3.05) is 0 Å². The minimum Gasteiger partial charge on any atom is -0.310 e. The average molecular weight is 299 g/mol. The van der Waals surface area contributed by atoms with Crippen LogP contribution in [0.3, 0.4) is 0 Å². The van der Waals surface area contributed by atoms with Gasteiger partial charge in [-0.1, -0.05) is 44.2 Å². The summed E-state index contributed by atoms with van der Waals surface area (Å²) in [5.74, 6) is -0.144. The molecule has 0 atom stereocenters. The third kappa shape index (κ3) is 2.99. The standard InChI is InChI=1S/C18H18FNS/c1-12(2)20-11-15-7-6-14(10-17(15)19)16-5-3-4-13-8-9-21-18(13)16/h3-10,12,20H,11H2,1-2H3. The Morgan fingerprint density at radius 3 is 2.76 bits per heavy atom. The molecule has 0 fully saturated rings. The van der Waals surface area contributed by atoms with Gasteiger partial charge in [0.15, 0.2) is 0 Å². The Morgan fingerprint density at radius 2 is 2.00 bits per heavy atom. The molecule has 0 aliphatic rings. The predicted octanol–water partition coefficient (Wildman–Crippen LogP) is 5.21. The molecule has 1 aromatic heterocycles. The molecule has 0 amide bonds. The molecule has 0 saturated carbocycles. The molecule has 0 saturated heterocycles. The van der Waals surface area contributed by atoms with Crippen LogP contribution in [0.5, 0.6) is 0 Å². The minimum atomic E-state index is -0.144. The summed E-state index contributed by atoms with van der Waals surface area (Å²) in [7, 11) is 0. The minimum absolute atomic E-state index is 0.144. The summed E-state index contributed by atoms with van der Waals surface area (Å²) in [6.07, 6.45) is 0. The second-order valence-corrected chi connectivity index (χ2v) is 6.40. The first-order valence-electron chi connectivity index (χ1n) is 7.13. The summed E-state index contributed by atoms with van der Waals surface area (Å²) in [5.41, 5.74) is 2.75. The molecule has 0 spiro atoms. The van der Waals surface area contributed by atoms with Crippen LogP contribution < -0.4 is 5.32 Å². The van der Waals surface area contributed by atoms with Crippen LogP contribution in [0, 0.1) is 5.82 Å². The van der Waals surface area contributed by atoms with Gasteiger partial charge in [0.1, 0.15) is 5.82 Å². The summed E-state index contributed by atoms with van der Waals surface area (Å²) in [4.78, 5) is 0. The molecule has 3 heteroatoms. The monoisotopic (exact) mass is 299 g/mol. The van der Waals surface area contributed by atoms with Crippen molar-refractivity contribution in [1.29, 1.82) is 0 Å². The maximum atomic E-state index is 14.3.